The molecule has 1 aromatic carbocycles. The second-order valence-corrected chi connectivity index (χ2v) is 4.78. The number of rotatable bonds is 3. The van der Waals surface area contributed by atoms with Crippen molar-refractivity contribution >= 4 is 11.6 Å². The van der Waals surface area contributed by atoms with Crippen molar-refractivity contribution in [3.05, 3.63) is 57.5 Å². The standard InChI is InChI=1S/C14H17ClN2O/c1-8-9(2)18-10(3)13(8)14(17-16)11-6-4-5-7-12(11)15/h4-7,14,17H,16H2,1-3H3. The van der Waals surface area contributed by atoms with Crippen LogP contribution < -0.4 is 11.3 Å². The summed E-state index contributed by atoms with van der Waals surface area (Å²) < 4.78 is 5.65. The summed E-state index contributed by atoms with van der Waals surface area (Å²) in [5.41, 5.74) is 5.94. The van der Waals surface area contributed by atoms with Crippen molar-refractivity contribution in [2.45, 2.75) is 26.8 Å². The zero-order valence-electron chi connectivity index (χ0n) is 10.8. The van der Waals surface area contributed by atoms with Crippen LogP contribution in [0.4, 0.5) is 0 Å². The number of nitrogens with two attached hydrogens (primary N) is 1. The van der Waals surface area contributed by atoms with Gasteiger partial charge in [0.05, 0.1) is 6.04 Å². The van der Waals surface area contributed by atoms with Crippen molar-refractivity contribution in [3.8, 4) is 0 Å². The first kappa shape index (κ1) is 13.1. The smallest absolute Gasteiger partial charge is 0.106 e. The van der Waals surface area contributed by atoms with Gasteiger partial charge in [-0.15, -0.1) is 0 Å². The van der Waals surface area contributed by atoms with E-state index in [9.17, 15) is 0 Å². The summed E-state index contributed by atoms with van der Waals surface area (Å²) in [6.45, 7) is 5.92. The minimum atomic E-state index is -0.156. The van der Waals surface area contributed by atoms with Crippen LogP contribution in [-0.4, -0.2) is 0 Å². The summed E-state index contributed by atoms with van der Waals surface area (Å²) >= 11 is 6.23. The van der Waals surface area contributed by atoms with Gasteiger partial charge in [-0.1, -0.05) is 29.8 Å². The highest BCUT2D eigenvalue weighted by Crippen LogP contribution is 2.33. The Morgan fingerprint density at radius 3 is 2.33 bits per heavy atom. The Balaban J connectivity index is 2.56. The lowest BCUT2D eigenvalue weighted by Gasteiger charge is -2.18. The van der Waals surface area contributed by atoms with Crippen molar-refractivity contribution in [1.29, 1.82) is 0 Å². The highest BCUT2D eigenvalue weighted by atomic mass is 35.5. The summed E-state index contributed by atoms with van der Waals surface area (Å²) in [7, 11) is 0. The molecular weight excluding hydrogens is 248 g/mol. The largest absolute Gasteiger partial charge is 0.466 e. The normalized spacial score (nSPS) is 12.7. The number of benzene rings is 1. The van der Waals surface area contributed by atoms with Gasteiger partial charge in [0, 0.05) is 10.6 Å². The van der Waals surface area contributed by atoms with Crippen molar-refractivity contribution in [2.75, 3.05) is 0 Å². The molecule has 2 aromatic rings. The van der Waals surface area contributed by atoms with Crippen LogP contribution in [0.15, 0.2) is 28.7 Å². The highest BCUT2D eigenvalue weighted by molar-refractivity contribution is 6.31. The number of aryl methyl sites for hydroxylation is 2. The fraction of sp³-hybridized carbons (Fsp3) is 0.286. The lowest BCUT2D eigenvalue weighted by atomic mass is 9.96. The Bertz CT molecular complexity index is 563. The average Bonchev–Trinajstić information content (AvgIpc) is 2.59. The Morgan fingerprint density at radius 1 is 1.17 bits per heavy atom. The fourth-order valence-electron chi connectivity index (χ4n) is 2.27. The SMILES string of the molecule is Cc1oc(C)c(C(NN)c2ccccc2Cl)c1C. The molecule has 0 radical (unpaired) electrons. The van der Waals surface area contributed by atoms with Crippen LogP contribution in [0, 0.1) is 20.8 Å². The van der Waals surface area contributed by atoms with Crippen LogP contribution in [-0.2, 0) is 0 Å². The third kappa shape index (κ3) is 2.17. The van der Waals surface area contributed by atoms with E-state index in [4.69, 9.17) is 21.9 Å². The number of nitrogens with one attached hydrogen (secondary N) is 1. The first-order valence-corrected chi connectivity index (χ1v) is 6.21. The summed E-state index contributed by atoms with van der Waals surface area (Å²) in [4.78, 5) is 0. The Morgan fingerprint density at radius 2 is 1.83 bits per heavy atom. The van der Waals surface area contributed by atoms with E-state index < -0.39 is 0 Å². The number of hydrogen-bond donors (Lipinski definition) is 2. The van der Waals surface area contributed by atoms with Gasteiger partial charge in [0.2, 0.25) is 0 Å². The van der Waals surface area contributed by atoms with Gasteiger partial charge in [-0.05, 0) is 38.0 Å². The predicted octanol–water partition coefficient (Wildman–Crippen LogP) is 3.41. The molecule has 0 fully saturated rings. The number of furan rings is 1. The van der Waals surface area contributed by atoms with Crippen molar-refractivity contribution in [3.63, 3.8) is 0 Å². The highest BCUT2D eigenvalue weighted by Gasteiger charge is 2.23. The van der Waals surface area contributed by atoms with E-state index in [2.05, 4.69) is 5.43 Å². The summed E-state index contributed by atoms with van der Waals surface area (Å²) in [6.07, 6.45) is 0. The molecule has 0 aliphatic rings. The van der Waals surface area contributed by atoms with Gasteiger partial charge in [0.15, 0.2) is 0 Å². The van der Waals surface area contributed by atoms with E-state index >= 15 is 0 Å². The molecule has 1 heterocycles. The first-order valence-electron chi connectivity index (χ1n) is 5.83. The minimum Gasteiger partial charge on any atom is -0.466 e. The second kappa shape index (κ2) is 5.14. The zero-order valence-corrected chi connectivity index (χ0v) is 11.5. The molecule has 4 heteroatoms. The maximum Gasteiger partial charge on any atom is 0.106 e. The lowest BCUT2D eigenvalue weighted by molar-refractivity contribution is 0.494. The van der Waals surface area contributed by atoms with Crippen molar-refractivity contribution in [2.24, 2.45) is 5.84 Å². The number of halogens is 1. The molecule has 1 atom stereocenters. The van der Waals surface area contributed by atoms with E-state index in [0.29, 0.717) is 5.02 Å². The summed E-state index contributed by atoms with van der Waals surface area (Å²) in [5, 5.41) is 0.693. The molecule has 0 amide bonds. The monoisotopic (exact) mass is 264 g/mol. The van der Waals surface area contributed by atoms with E-state index in [1.807, 2.05) is 45.0 Å². The molecule has 18 heavy (non-hydrogen) atoms. The van der Waals surface area contributed by atoms with Gasteiger partial charge < -0.3 is 4.42 Å². The molecule has 3 N–H and O–H groups in total. The van der Waals surface area contributed by atoms with Gasteiger partial charge in [0.1, 0.15) is 11.5 Å². The van der Waals surface area contributed by atoms with Crippen molar-refractivity contribution < 1.29 is 4.42 Å². The van der Waals surface area contributed by atoms with Gasteiger partial charge in [-0.3, -0.25) is 5.84 Å². The van der Waals surface area contributed by atoms with E-state index in [-0.39, 0.29) is 6.04 Å². The van der Waals surface area contributed by atoms with Gasteiger partial charge in [-0.25, -0.2) is 5.43 Å². The van der Waals surface area contributed by atoms with Crippen LogP contribution in [0.2, 0.25) is 5.02 Å². The third-order valence-electron chi connectivity index (χ3n) is 3.29. The summed E-state index contributed by atoms with van der Waals surface area (Å²) in [6, 6.07) is 7.52. The molecule has 0 aliphatic heterocycles. The molecule has 0 aliphatic carbocycles. The molecule has 96 valence electrons. The lowest BCUT2D eigenvalue weighted by Crippen LogP contribution is -2.29. The molecule has 0 saturated heterocycles. The maximum absolute atomic E-state index is 6.23. The molecule has 1 aromatic heterocycles. The first-order chi connectivity index (χ1) is 8.56. The second-order valence-electron chi connectivity index (χ2n) is 4.37. The minimum absolute atomic E-state index is 0.156. The predicted molar refractivity (Wildman–Crippen MR) is 73.5 cm³/mol. The van der Waals surface area contributed by atoms with Crippen LogP contribution in [0.5, 0.6) is 0 Å². The average molecular weight is 265 g/mol. The van der Waals surface area contributed by atoms with Crippen LogP contribution in [0.3, 0.4) is 0 Å². The Labute approximate surface area is 112 Å². The molecule has 1 unspecified atom stereocenters. The molecule has 0 bridgehead atoms. The Kier molecular flexibility index (Phi) is 3.76. The molecule has 3 nitrogen and oxygen atoms in total. The quantitative estimate of drug-likeness (QED) is 0.660. The molecule has 0 saturated carbocycles. The van der Waals surface area contributed by atoms with Gasteiger partial charge >= 0.3 is 0 Å². The Hall–Kier alpha value is -1.29. The molecule has 0 spiro atoms. The van der Waals surface area contributed by atoms with E-state index in [0.717, 1.165) is 28.2 Å². The third-order valence-corrected chi connectivity index (χ3v) is 3.63. The topological polar surface area (TPSA) is 51.2 Å². The van der Waals surface area contributed by atoms with Gasteiger partial charge in [-0.2, -0.15) is 0 Å². The van der Waals surface area contributed by atoms with E-state index in [1.54, 1.807) is 0 Å². The summed E-state index contributed by atoms with van der Waals surface area (Å²) in [5.74, 6) is 7.48. The van der Waals surface area contributed by atoms with Crippen molar-refractivity contribution in [1.82, 2.24) is 5.43 Å². The number of hydrazine groups is 1. The van der Waals surface area contributed by atoms with Crippen LogP contribution >= 0.6 is 11.6 Å². The van der Waals surface area contributed by atoms with Crippen LogP contribution in [0.1, 0.15) is 34.3 Å². The zero-order chi connectivity index (χ0) is 13.3. The van der Waals surface area contributed by atoms with Crippen LogP contribution in [0.25, 0.3) is 0 Å². The fourth-order valence-corrected chi connectivity index (χ4v) is 2.52. The number of hydrogen-bond acceptors (Lipinski definition) is 3. The molecule has 2 rings (SSSR count). The maximum atomic E-state index is 6.23. The van der Waals surface area contributed by atoms with Gasteiger partial charge in [0.25, 0.3) is 0 Å². The molecular formula is C14H17ClN2O. The van der Waals surface area contributed by atoms with E-state index in [1.165, 1.54) is 0 Å².